The van der Waals surface area contributed by atoms with Gasteiger partial charge < -0.3 is 11.5 Å². The zero-order chi connectivity index (χ0) is 16.1. The average Bonchev–Trinajstić information content (AvgIpc) is 3.07. The highest BCUT2D eigenvalue weighted by Gasteiger charge is 2.05. The molecule has 0 aliphatic rings. The zero-order valence-corrected chi connectivity index (χ0v) is 15.4. The lowest BCUT2D eigenvalue weighted by molar-refractivity contribution is 0.685. The molecule has 0 spiro atoms. The number of rotatable bonds is 5. The molecule has 6 nitrogen and oxygen atoms in total. The minimum atomic E-state index is 0. The molecule has 0 atom stereocenters. The lowest BCUT2D eigenvalue weighted by Gasteiger charge is -2.09. The summed E-state index contributed by atoms with van der Waals surface area (Å²) >= 11 is 0. The fourth-order valence-corrected chi connectivity index (χ4v) is 2.41. The van der Waals surface area contributed by atoms with Crippen LogP contribution in [-0.4, -0.2) is 20.7 Å². The Kier molecular flexibility index (Phi) is 6.30. The van der Waals surface area contributed by atoms with Crippen LogP contribution in [0.25, 0.3) is 11.1 Å². The molecule has 4 N–H and O–H groups in total. The number of nitrogens with two attached hydrogens (primary N) is 2. The van der Waals surface area contributed by atoms with Gasteiger partial charge in [0.2, 0.25) is 0 Å². The van der Waals surface area contributed by atoms with Gasteiger partial charge in [0, 0.05) is 0 Å². The van der Waals surface area contributed by atoms with E-state index in [1.54, 1.807) is 11.0 Å². The second-order valence-corrected chi connectivity index (χ2v) is 5.19. The Morgan fingerprint density at radius 3 is 2.46 bits per heavy atom. The maximum Gasteiger partial charge on any atom is 0.186 e. The summed E-state index contributed by atoms with van der Waals surface area (Å²) in [5.74, 6) is 0.1000. The van der Waals surface area contributed by atoms with E-state index < -0.39 is 0 Å². The second-order valence-electron chi connectivity index (χ2n) is 5.19. The molecular weight excluding hydrogens is 415 g/mol. The molecule has 1 aromatic heterocycles. The molecule has 3 rings (SSSR count). The molecule has 0 fully saturated rings. The number of hydrogen-bond donors (Lipinski definition) is 2. The topological polar surface area (TPSA) is 95.1 Å². The number of halogens is 1. The van der Waals surface area contributed by atoms with E-state index in [0.29, 0.717) is 13.1 Å². The van der Waals surface area contributed by atoms with E-state index in [2.05, 4.69) is 45.4 Å². The number of nitrogens with zero attached hydrogens (tertiary/aromatic N) is 4. The largest absolute Gasteiger partial charge is 0.370 e. The molecule has 0 aliphatic carbocycles. The van der Waals surface area contributed by atoms with Crippen molar-refractivity contribution in [3.05, 3.63) is 72.3 Å². The summed E-state index contributed by atoms with van der Waals surface area (Å²) in [5, 5.41) is 4.11. The summed E-state index contributed by atoms with van der Waals surface area (Å²) in [5.41, 5.74) is 15.4. The molecule has 0 radical (unpaired) electrons. The monoisotopic (exact) mass is 434 g/mol. The Morgan fingerprint density at radius 2 is 1.79 bits per heavy atom. The van der Waals surface area contributed by atoms with Gasteiger partial charge in [-0.3, -0.25) is 0 Å². The third-order valence-corrected chi connectivity index (χ3v) is 3.53. The first-order valence-corrected chi connectivity index (χ1v) is 7.27. The average molecular weight is 434 g/mol. The molecule has 2 aromatic carbocycles. The fourth-order valence-electron chi connectivity index (χ4n) is 2.41. The van der Waals surface area contributed by atoms with Crippen LogP contribution >= 0.6 is 24.0 Å². The van der Waals surface area contributed by atoms with Crippen LogP contribution in [0.4, 0.5) is 0 Å². The minimum Gasteiger partial charge on any atom is -0.370 e. The van der Waals surface area contributed by atoms with Gasteiger partial charge in [0.25, 0.3) is 0 Å². The maximum absolute atomic E-state index is 5.43. The Bertz CT molecular complexity index is 792. The number of hydrogen-bond acceptors (Lipinski definition) is 3. The van der Waals surface area contributed by atoms with Gasteiger partial charge in [-0.05, 0) is 22.3 Å². The summed E-state index contributed by atoms with van der Waals surface area (Å²) in [6.07, 6.45) is 3.24. The Balaban J connectivity index is 0.00000208. The van der Waals surface area contributed by atoms with E-state index in [9.17, 15) is 0 Å². The lowest BCUT2D eigenvalue weighted by Crippen LogP contribution is -2.22. The van der Waals surface area contributed by atoms with Gasteiger partial charge in [-0.2, -0.15) is 5.10 Å². The first-order valence-electron chi connectivity index (χ1n) is 7.27. The molecule has 1 heterocycles. The molecule has 0 aliphatic heterocycles. The molecule has 24 heavy (non-hydrogen) atoms. The van der Waals surface area contributed by atoms with E-state index in [1.807, 2.05) is 18.2 Å². The summed E-state index contributed by atoms with van der Waals surface area (Å²) in [6.45, 7) is 1.18. The minimum absolute atomic E-state index is 0. The Morgan fingerprint density at radius 1 is 1.04 bits per heavy atom. The van der Waals surface area contributed by atoms with Crippen LogP contribution in [0, 0.1) is 0 Å². The van der Waals surface area contributed by atoms with Crippen molar-refractivity contribution in [3.8, 4) is 11.1 Å². The van der Waals surface area contributed by atoms with Crippen LogP contribution in [0.3, 0.4) is 0 Å². The van der Waals surface area contributed by atoms with Gasteiger partial charge in [-0.15, -0.1) is 24.0 Å². The summed E-state index contributed by atoms with van der Waals surface area (Å²) in [7, 11) is 0. The van der Waals surface area contributed by atoms with Crippen molar-refractivity contribution in [2.75, 3.05) is 0 Å². The van der Waals surface area contributed by atoms with Gasteiger partial charge in [0.15, 0.2) is 5.96 Å². The van der Waals surface area contributed by atoms with E-state index >= 15 is 0 Å². The lowest BCUT2D eigenvalue weighted by atomic mass is 9.98. The SMILES string of the molecule is I.NC(N)=NCc1ccccc1-c1ccc(Cn2cncn2)cc1. The highest BCUT2D eigenvalue weighted by molar-refractivity contribution is 14.0. The molecular formula is C17H19IN6. The van der Waals surface area contributed by atoms with E-state index in [0.717, 1.165) is 16.7 Å². The maximum atomic E-state index is 5.43. The molecule has 0 amide bonds. The highest BCUT2D eigenvalue weighted by Crippen LogP contribution is 2.24. The summed E-state index contributed by atoms with van der Waals surface area (Å²) in [6, 6.07) is 16.5. The second kappa shape index (κ2) is 8.44. The standard InChI is InChI=1S/C17H18N6.HI/c18-17(19)21-9-15-3-1-2-4-16(15)14-7-5-13(6-8-14)10-23-12-20-11-22-23;/h1-8,11-12H,9-10H2,(H4,18,19,21);1H. The number of aromatic nitrogens is 3. The first-order chi connectivity index (χ1) is 11.2. The van der Waals surface area contributed by atoms with Crippen molar-refractivity contribution < 1.29 is 0 Å². The first kappa shape index (κ1) is 17.9. The highest BCUT2D eigenvalue weighted by atomic mass is 127. The van der Waals surface area contributed by atoms with Crippen LogP contribution in [0.1, 0.15) is 11.1 Å². The quantitative estimate of drug-likeness (QED) is 0.366. The molecule has 0 saturated heterocycles. The van der Waals surface area contributed by atoms with Crippen LogP contribution < -0.4 is 11.5 Å². The number of aliphatic imine (C=N–C) groups is 1. The van der Waals surface area contributed by atoms with Gasteiger partial charge in [0.1, 0.15) is 12.7 Å². The molecule has 0 unspecified atom stereocenters. The molecule has 3 aromatic rings. The third kappa shape index (κ3) is 4.54. The van der Waals surface area contributed by atoms with Crippen molar-refractivity contribution >= 4 is 29.9 Å². The zero-order valence-electron chi connectivity index (χ0n) is 13.0. The van der Waals surface area contributed by atoms with Gasteiger partial charge in [-0.25, -0.2) is 14.7 Å². The third-order valence-electron chi connectivity index (χ3n) is 3.53. The van der Waals surface area contributed by atoms with Crippen molar-refractivity contribution in [3.63, 3.8) is 0 Å². The smallest absolute Gasteiger partial charge is 0.186 e. The Labute approximate surface area is 157 Å². The molecule has 0 saturated carbocycles. The molecule has 0 bridgehead atoms. The van der Waals surface area contributed by atoms with Gasteiger partial charge in [0.05, 0.1) is 13.1 Å². The number of benzene rings is 2. The van der Waals surface area contributed by atoms with Crippen LogP contribution in [0.5, 0.6) is 0 Å². The van der Waals surface area contributed by atoms with Gasteiger partial charge >= 0.3 is 0 Å². The van der Waals surface area contributed by atoms with E-state index in [4.69, 9.17) is 11.5 Å². The predicted octanol–water partition coefficient (Wildman–Crippen LogP) is 2.38. The summed E-state index contributed by atoms with van der Waals surface area (Å²) in [4.78, 5) is 8.05. The van der Waals surface area contributed by atoms with Crippen molar-refractivity contribution in [1.82, 2.24) is 14.8 Å². The van der Waals surface area contributed by atoms with Crippen molar-refractivity contribution in [2.24, 2.45) is 16.5 Å². The van der Waals surface area contributed by atoms with Gasteiger partial charge in [-0.1, -0.05) is 48.5 Å². The van der Waals surface area contributed by atoms with Crippen molar-refractivity contribution in [2.45, 2.75) is 13.1 Å². The molecule has 124 valence electrons. The van der Waals surface area contributed by atoms with Crippen LogP contribution in [-0.2, 0) is 13.1 Å². The number of guanidine groups is 1. The van der Waals surface area contributed by atoms with E-state index in [-0.39, 0.29) is 29.9 Å². The predicted molar refractivity (Wildman–Crippen MR) is 106 cm³/mol. The fraction of sp³-hybridized carbons (Fsp3) is 0.118. The van der Waals surface area contributed by atoms with Crippen molar-refractivity contribution in [1.29, 1.82) is 0 Å². The molecule has 7 heteroatoms. The normalized spacial score (nSPS) is 10.0. The van der Waals surface area contributed by atoms with Crippen LogP contribution in [0.2, 0.25) is 0 Å². The van der Waals surface area contributed by atoms with Crippen LogP contribution in [0.15, 0.2) is 66.2 Å². The Hall–Kier alpha value is -2.42. The summed E-state index contributed by atoms with van der Waals surface area (Å²) < 4.78 is 1.79. The van der Waals surface area contributed by atoms with E-state index in [1.165, 1.54) is 11.9 Å².